The van der Waals surface area contributed by atoms with Crippen molar-refractivity contribution in [2.24, 2.45) is 0 Å². The van der Waals surface area contributed by atoms with E-state index < -0.39 is 0 Å². The number of piperazine rings is 1. The largest absolute Gasteiger partial charge is 0.453 e. The molecule has 31 heavy (non-hydrogen) atoms. The van der Waals surface area contributed by atoms with Crippen molar-refractivity contribution in [2.75, 3.05) is 39.9 Å². The summed E-state index contributed by atoms with van der Waals surface area (Å²) < 4.78 is 10.2. The summed E-state index contributed by atoms with van der Waals surface area (Å²) in [4.78, 5) is 30.6. The lowest BCUT2D eigenvalue weighted by molar-refractivity contribution is -0.00818. The Kier molecular flexibility index (Phi) is 8.21. The molecule has 2 atom stereocenters. The van der Waals surface area contributed by atoms with Crippen molar-refractivity contribution in [3.8, 4) is 0 Å². The summed E-state index contributed by atoms with van der Waals surface area (Å²) >= 11 is 6.05. The lowest BCUT2D eigenvalue weighted by Crippen LogP contribution is -2.63. The number of ether oxygens (including phenoxy) is 2. The Balaban J connectivity index is 1.70. The van der Waals surface area contributed by atoms with Crippen LogP contribution in [0, 0.1) is 0 Å². The first-order valence-corrected chi connectivity index (χ1v) is 11.2. The van der Waals surface area contributed by atoms with Crippen LogP contribution < -0.4 is 0 Å². The van der Waals surface area contributed by atoms with Crippen LogP contribution in [0.25, 0.3) is 0 Å². The van der Waals surface area contributed by atoms with Crippen molar-refractivity contribution < 1.29 is 19.1 Å². The molecule has 2 saturated heterocycles. The van der Waals surface area contributed by atoms with E-state index in [1.165, 1.54) is 12.7 Å². The Morgan fingerprint density at radius 3 is 2.45 bits per heavy atom. The molecule has 8 heteroatoms. The smallest absolute Gasteiger partial charge is 0.410 e. The van der Waals surface area contributed by atoms with Gasteiger partial charge in [0.2, 0.25) is 0 Å². The van der Waals surface area contributed by atoms with E-state index in [9.17, 15) is 9.59 Å². The highest BCUT2D eigenvalue weighted by molar-refractivity contribution is 6.30. The fourth-order valence-corrected chi connectivity index (χ4v) is 4.69. The second-order valence-electron chi connectivity index (χ2n) is 8.24. The van der Waals surface area contributed by atoms with E-state index in [4.69, 9.17) is 21.1 Å². The fourth-order valence-electron chi connectivity index (χ4n) is 4.56. The van der Waals surface area contributed by atoms with Gasteiger partial charge in [0.15, 0.2) is 0 Å². The maximum absolute atomic E-state index is 12.3. The minimum atomic E-state index is -0.284. The SMILES string of the molecule is C=CCOC(=O)N1CCC(N2C[C@H](C)N(C(=O)OC)CC2Cc2ccc(Cl)cc2)CC1. The van der Waals surface area contributed by atoms with Crippen LogP contribution >= 0.6 is 11.6 Å². The van der Waals surface area contributed by atoms with E-state index in [-0.39, 0.29) is 30.9 Å². The first kappa shape index (κ1) is 23.4. The Bertz CT molecular complexity index is 765. The third-order valence-corrected chi connectivity index (χ3v) is 6.45. The number of carbonyl (C=O) groups excluding carboxylic acids is 2. The Morgan fingerprint density at radius 1 is 1.16 bits per heavy atom. The zero-order valence-electron chi connectivity index (χ0n) is 18.3. The third-order valence-electron chi connectivity index (χ3n) is 6.19. The second-order valence-corrected chi connectivity index (χ2v) is 8.67. The number of benzene rings is 1. The van der Waals surface area contributed by atoms with Crippen LogP contribution in [-0.2, 0) is 15.9 Å². The van der Waals surface area contributed by atoms with E-state index in [0.29, 0.717) is 30.7 Å². The van der Waals surface area contributed by atoms with Gasteiger partial charge >= 0.3 is 12.2 Å². The molecule has 1 aromatic carbocycles. The molecule has 0 aromatic heterocycles. The van der Waals surface area contributed by atoms with Crippen LogP contribution in [-0.4, -0.2) is 84.9 Å². The van der Waals surface area contributed by atoms with Gasteiger partial charge in [-0.2, -0.15) is 0 Å². The minimum absolute atomic E-state index is 0.0597. The first-order valence-electron chi connectivity index (χ1n) is 10.8. The van der Waals surface area contributed by atoms with Crippen LogP contribution in [0.1, 0.15) is 25.3 Å². The monoisotopic (exact) mass is 449 g/mol. The molecular formula is C23H32ClN3O4. The van der Waals surface area contributed by atoms with Crippen molar-refractivity contribution in [1.29, 1.82) is 0 Å². The van der Waals surface area contributed by atoms with Crippen LogP contribution in [0.5, 0.6) is 0 Å². The number of hydrogen-bond donors (Lipinski definition) is 0. The summed E-state index contributed by atoms with van der Waals surface area (Å²) in [6.45, 7) is 8.59. The van der Waals surface area contributed by atoms with Gasteiger partial charge in [0.05, 0.1) is 7.11 Å². The summed E-state index contributed by atoms with van der Waals surface area (Å²) in [6, 6.07) is 8.46. The van der Waals surface area contributed by atoms with Gasteiger partial charge in [-0.15, -0.1) is 0 Å². The van der Waals surface area contributed by atoms with E-state index >= 15 is 0 Å². The summed E-state index contributed by atoms with van der Waals surface area (Å²) in [5.74, 6) is 0. The number of piperidine rings is 1. The van der Waals surface area contributed by atoms with Crippen molar-refractivity contribution in [2.45, 2.75) is 44.3 Å². The number of rotatable bonds is 5. The molecule has 0 bridgehead atoms. The van der Waals surface area contributed by atoms with E-state index in [0.717, 1.165) is 25.8 Å². The number of methoxy groups -OCH3 is 1. The molecule has 0 saturated carbocycles. The maximum Gasteiger partial charge on any atom is 0.410 e. The predicted molar refractivity (Wildman–Crippen MR) is 120 cm³/mol. The highest BCUT2D eigenvalue weighted by Gasteiger charge is 2.39. The van der Waals surface area contributed by atoms with Crippen molar-refractivity contribution >= 4 is 23.8 Å². The molecular weight excluding hydrogens is 418 g/mol. The summed E-state index contributed by atoms with van der Waals surface area (Å²) in [5.41, 5.74) is 1.18. The summed E-state index contributed by atoms with van der Waals surface area (Å²) in [5, 5.41) is 0.713. The molecule has 170 valence electrons. The van der Waals surface area contributed by atoms with Gasteiger partial charge in [-0.1, -0.05) is 36.4 Å². The Morgan fingerprint density at radius 2 is 1.84 bits per heavy atom. The van der Waals surface area contributed by atoms with Gasteiger partial charge in [-0.3, -0.25) is 4.90 Å². The van der Waals surface area contributed by atoms with E-state index in [1.807, 2.05) is 29.2 Å². The van der Waals surface area contributed by atoms with Gasteiger partial charge in [0, 0.05) is 49.3 Å². The molecule has 1 aromatic rings. The second kappa shape index (κ2) is 10.9. The predicted octanol–water partition coefficient (Wildman–Crippen LogP) is 3.81. The van der Waals surface area contributed by atoms with E-state index in [2.05, 4.69) is 18.4 Å². The number of carbonyl (C=O) groups is 2. The van der Waals surface area contributed by atoms with Gasteiger partial charge < -0.3 is 19.3 Å². The van der Waals surface area contributed by atoms with Gasteiger partial charge in [0.1, 0.15) is 6.61 Å². The maximum atomic E-state index is 12.3. The molecule has 3 rings (SSSR count). The first-order chi connectivity index (χ1) is 14.9. The molecule has 0 N–H and O–H groups in total. The molecule has 0 radical (unpaired) electrons. The molecule has 0 spiro atoms. The normalized spacial score (nSPS) is 22.8. The molecule has 2 amide bonds. The zero-order valence-corrected chi connectivity index (χ0v) is 19.1. The molecule has 7 nitrogen and oxygen atoms in total. The van der Waals surface area contributed by atoms with Crippen molar-refractivity contribution in [1.82, 2.24) is 14.7 Å². The minimum Gasteiger partial charge on any atom is -0.453 e. The third kappa shape index (κ3) is 5.92. The van der Waals surface area contributed by atoms with E-state index in [1.54, 1.807) is 11.0 Å². The average molecular weight is 450 g/mol. The number of halogens is 1. The van der Waals surface area contributed by atoms with Crippen LogP contribution in [0.4, 0.5) is 9.59 Å². The Labute approximate surface area is 189 Å². The van der Waals surface area contributed by atoms with Crippen LogP contribution in [0.2, 0.25) is 5.02 Å². The van der Waals surface area contributed by atoms with Crippen LogP contribution in [0.15, 0.2) is 36.9 Å². The lowest BCUT2D eigenvalue weighted by atomic mass is 9.94. The van der Waals surface area contributed by atoms with Gasteiger partial charge in [0.25, 0.3) is 0 Å². The molecule has 1 unspecified atom stereocenters. The number of amides is 2. The molecule has 2 fully saturated rings. The standard InChI is InChI=1S/C23H32ClN3O4/c1-4-13-31-22(28)25-11-9-20(10-12-25)27-15-17(2)26(23(29)30-3)16-21(27)14-18-5-7-19(24)8-6-18/h4-8,17,20-21H,1,9-16H2,2-3H3/t17-,21?/m0/s1. The highest BCUT2D eigenvalue weighted by Crippen LogP contribution is 2.27. The summed E-state index contributed by atoms with van der Waals surface area (Å²) in [6.07, 6.45) is 3.59. The molecule has 0 aliphatic carbocycles. The van der Waals surface area contributed by atoms with Gasteiger partial charge in [-0.25, -0.2) is 9.59 Å². The summed E-state index contributed by atoms with van der Waals surface area (Å²) in [7, 11) is 1.43. The zero-order chi connectivity index (χ0) is 22.4. The Hall–Kier alpha value is -2.25. The quantitative estimate of drug-likeness (QED) is 0.639. The highest BCUT2D eigenvalue weighted by atomic mass is 35.5. The van der Waals surface area contributed by atoms with Crippen molar-refractivity contribution in [3.63, 3.8) is 0 Å². The molecule has 2 aliphatic rings. The lowest BCUT2D eigenvalue weighted by Gasteiger charge is -2.49. The molecule has 2 aliphatic heterocycles. The molecule has 2 heterocycles. The number of likely N-dealkylation sites (tertiary alicyclic amines) is 1. The number of hydrogen-bond acceptors (Lipinski definition) is 5. The topological polar surface area (TPSA) is 62.3 Å². The van der Waals surface area contributed by atoms with Crippen molar-refractivity contribution in [3.05, 3.63) is 47.5 Å². The van der Waals surface area contributed by atoms with Crippen LogP contribution in [0.3, 0.4) is 0 Å². The van der Waals surface area contributed by atoms with Gasteiger partial charge in [-0.05, 0) is 43.9 Å². The average Bonchev–Trinajstić information content (AvgIpc) is 2.79. The fraction of sp³-hybridized carbons (Fsp3) is 0.565. The number of nitrogens with zero attached hydrogens (tertiary/aromatic N) is 3.